The number of aliphatic imine (C=N–C) groups is 1. The molecule has 0 atom stereocenters. The van der Waals surface area contributed by atoms with Gasteiger partial charge in [-0.3, -0.25) is 9.67 Å². The number of methoxy groups -OCH3 is 1. The maximum atomic E-state index is 5.21. The number of hydrogen-bond donors (Lipinski definition) is 2. The number of benzene rings is 2. The van der Waals surface area contributed by atoms with Crippen molar-refractivity contribution in [2.24, 2.45) is 4.99 Å². The van der Waals surface area contributed by atoms with Crippen LogP contribution >= 0.6 is 0 Å². The van der Waals surface area contributed by atoms with Gasteiger partial charge >= 0.3 is 0 Å². The van der Waals surface area contributed by atoms with Crippen LogP contribution in [-0.4, -0.2) is 36.4 Å². The molecule has 6 nitrogen and oxygen atoms in total. The van der Waals surface area contributed by atoms with E-state index in [1.165, 1.54) is 22.4 Å². The lowest BCUT2D eigenvalue weighted by atomic mass is 10.1. The van der Waals surface area contributed by atoms with E-state index in [0.29, 0.717) is 6.54 Å². The number of hydrogen-bond acceptors (Lipinski definition) is 3. The van der Waals surface area contributed by atoms with Crippen LogP contribution < -0.4 is 15.4 Å². The summed E-state index contributed by atoms with van der Waals surface area (Å²) in [5.41, 5.74) is 5.94. The monoisotopic (exact) mass is 405 g/mol. The largest absolute Gasteiger partial charge is 0.497 e. The molecule has 0 aliphatic heterocycles. The summed E-state index contributed by atoms with van der Waals surface area (Å²) in [6, 6.07) is 18.6. The van der Waals surface area contributed by atoms with E-state index >= 15 is 0 Å². The van der Waals surface area contributed by atoms with Crippen LogP contribution in [0.2, 0.25) is 0 Å². The van der Waals surface area contributed by atoms with Crippen LogP contribution in [0, 0.1) is 13.8 Å². The first-order valence-corrected chi connectivity index (χ1v) is 10.2. The Hall–Kier alpha value is -3.28. The highest BCUT2D eigenvalue weighted by Crippen LogP contribution is 2.15. The van der Waals surface area contributed by atoms with Crippen molar-refractivity contribution in [3.8, 4) is 5.75 Å². The van der Waals surface area contributed by atoms with Crippen molar-refractivity contribution < 1.29 is 4.74 Å². The average molecular weight is 406 g/mol. The van der Waals surface area contributed by atoms with Crippen molar-refractivity contribution in [3.63, 3.8) is 0 Å². The second kappa shape index (κ2) is 10.5. The van der Waals surface area contributed by atoms with E-state index in [0.717, 1.165) is 36.9 Å². The molecule has 0 saturated heterocycles. The second-order valence-electron chi connectivity index (χ2n) is 7.24. The lowest BCUT2D eigenvalue weighted by molar-refractivity contribution is 0.414. The molecule has 1 aromatic heterocycles. The minimum Gasteiger partial charge on any atom is -0.497 e. The molecule has 0 saturated carbocycles. The summed E-state index contributed by atoms with van der Waals surface area (Å²) < 4.78 is 7.28. The fraction of sp³-hybridized carbons (Fsp3) is 0.333. The maximum absolute atomic E-state index is 5.21. The van der Waals surface area contributed by atoms with Gasteiger partial charge in [-0.05, 0) is 43.5 Å². The number of nitrogens with zero attached hydrogens (tertiary/aromatic N) is 3. The van der Waals surface area contributed by atoms with Crippen molar-refractivity contribution >= 4 is 5.96 Å². The Bertz CT molecular complexity index is 961. The lowest BCUT2D eigenvalue weighted by Gasteiger charge is -2.12. The molecule has 6 heteroatoms. The van der Waals surface area contributed by atoms with Gasteiger partial charge in [0, 0.05) is 31.4 Å². The average Bonchev–Trinajstić information content (AvgIpc) is 3.04. The molecule has 2 N–H and O–H groups in total. The Morgan fingerprint density at radius 2 is 1.73 bits per heavy atom. The third kappa shape index (κ3) is 5.63. The van der Waals surface area contributed by atoms with Crippen LogP contribution in [0.15, 0.2) is 59.6 Å². The van der Waals surface area contributed by atoms with Crippen LogP contribution in [0.3, 0.4) is 0 Å². The highest BCUT2D eigenvalue weighted by atomic mass is 16.5. The van der Waals surface area contributed by atoms with Crippen molar-refractivity contribution in [2.75, 3.05) is 20.7 Å². The fourth-order valence-electron chi connectivity index (χ4n) is 3.41. The number of nitrogens with one attached hydrogen (secondary N) is 2. The standard InChI is InChI=1S/C24H31N5O/c1-18-23(19(2)29(28-18)17-21-8-6-5-7-9-21)16-27-24(25-3)26-15-14-20-10-12-22(30-4)13-11-20/h5-13H,14-17H2,1-4H3,(H2,25,26,27). The zero-order valence-corrected chi connectivity index (χ0v) is 18.3. The van der Waals surface area contributed by atoms with Crippen molar-refractivity contribution in [3.05, 3.63) is 82.7 Å². The Balaban J connectivity index is 1.53. The first-order valence-electron chi connectivity index (χ1n) is 10.2. The third-order valence-corrected chi connectivity index (χ3v) is 5.23. The molecule has 1 heterocycles. The zero-order valence-electron chi connectivity index (χ0n) is 18.3. The van der Waals surface area contributed by atoms with Gasteiger partial charge in [0.25, 0.3) is 0 Å². The van der Waals surface area contributed by atoms with Gasteiger partial charge in [-0.2, -0.15) is 5.10 Å². The van der Waals surface area contributed by atoms with Gasteiger partial charge in [-0.1, -0.05) is 42.5 Å². The highest BCUT2D eigenvalue weighted by molar-refractivity contribution is 5.79. The molecule has 0 radical (unpaired) electrons. The molecule has 0 amide bonds. The summed E-state index contributed by atoms with van der Waals surface area (Å²) in [6.07, 6.45) is 0.914. The summed E-state index contributed by atoms with van der Waals surface area (Å²) in [6.45, 7) is 6.46. The SMILES string of the molecule is CN=C(NCCc1ccc(OC)cc1)NCc1c(C)nn(Cc2ccccc2)c1C. The molecular formula is C24H31N5O. The normalized spacial score (nSPS) is 11.4. The van der Waals surface area contributed by atoms with E-state index in [-0.39, 0.29) is 0 Å². The number of guanidine groups is 1. The lowest BCUT2D eigenvalue weighted by Crippen LogP contribution is -2.38. The van der Waals surface area contributed by atoms with Crippen LogP contribution in [0.1, 0.15) is 28.1 Å². The molecule has 0 aliphatic carbocycles. The summed E-state index contributed by atoms with van der Waals surface area (Å²) in [5, 5.41) is 11.5. The molecule has 0 bridgehead atoms. The predicted molar refractivity (Wildman–Crippen MR) is 122 cm³/mol. The molecular weight excluding hydrogens is 374 g/mol. The molecule has 0 aliphatic rings. The van der Waals surface area contributed by atoms with E-state index in [1.54, 1.807) is 14.2 Å². The Labute approximate surface area is 179 Å². The first kappa shape index (κ1) is 21.4. The molecule has 0 fully saturated rings. The smallest absolute Gasteiger partial charge is 0.191 e. The van der Waals surface area contributed by atoms with Crippen molar-refractivity contribution in [2.45, 2.75) is 33.4 Å². The summed E-state index contributed by atoms with van der Waals surface area (Å²) in [4.78, 5) is 4.34. The van der Waals surface area contributed by atoms with Gasteiger partial charge in [0.15, 0.2) is 5.96 Å². The minimum absolute atomic E-state index is 0.689. The Morgan fingerprint density at radius 3 is 2.40 bits per heavy atom. The minimum atomic E-state index is 0.689. The topological polar surface area (TPSA) is 63.5 Å². The van der Waals surface area contributed by atoms with Gasteiger partial charge in [0.1, 0.15) is 5.75 Å². The molecule has 3 aromatic rings. The molecule has 3 rings (SSSR count). The fourth-order valence-corrected chi connectivity index (χ4v) is 3.41. The van der Waals surface area contributed by atoms with Crippen molar-refractivity contribution in [1.29, 1.82) is 0 Å². The van der Waals surface area contributed by atoms with E-state index in [4.69, 9.17) is 9.84 Å². The first-order chi connectivity index (χ1) is 14.6. The molecule has 0 spiro atoms. The van der Waals surface area contributed by atoms with Gasteiger partial charge < -0.3 is 15.4 Å². The quantitative estimate of drug-likeness (QED) is 0.445. The molecule has 0 unspecified atom stereocenters. The highest BCUT2D eigenvalue weighted by Gasteiger charge is 2.12. The Morgan fingerprint density at radius 1 is 1.00 bits per heavy atom. The molecule has 158 valence electrons. The van der Waals surface area contributed by atoms with Gasteiger partial charge in [-0.15, -0.1) is 0 Å². The summed E-state index contributed by atoms with van der Waals surface area (Å²) in [7, 11) is 3.47. The van der Waals surface area contributed by atoms with Crippen LogP contribution in [-0.2, 0) is 19.5 Å². The number of ether oxygens (including phenoxy) is 1. The predicted octanol–water partition coefficient (Wildman–Crippen LogP) is 3.46. The number of aromatic nitrogens is 2. The van der Waals surface area contributed by atoms with E-state index < -0.39 is 0 Å². The van der Waals surface area contributed by atoms with Crippen LogP contribution in [0.4, 0.5) is 0 Å². The number of rotatable bonds is 8. The van der Waals surface area contributed by atoms with Gasteiger partial charge in [0.2, 0.25) is 0 Å². The molecule has 2 aromatic carbocycles. The summed E-state index contributed by atoms with van der Waals surface area (Å²) >= 11 is 0. The van der Waals surface area contributed by atoms with E-state index in [1.807, 2.05) is 18.2 Å². The third-order valence-electron chi connectivity index (χ3n) is 5.23. The zero-order chi connectivity index (χ0) is 21.3. The second-order valence-corrected chi connectivity index (χ2v) is 7.24. The van der Waals surface area contributed by atoms with Gasteiger partial charge in [-0.25, -0.2) is 0 Å². The summed E-state index contributed by atoms with van der Waals surface area (Å²) in [5.74, 6) is 1.67. The van der Waals surface area contributed by atoms with Crippen molar-refractivity contribution in [1.82, 2.24) is 20.4 Å². The maximum Gasteiger partial charge on any atom is 0.191 e. The van der Waals surface area contributed by atoms with E-state index in [9.17, 15) is 0 Å². The molecule has 30 heavy (non-hydrogen) atoms. The van der Waals surface area contributed by atoms with E-state index in [2.05, 4.69) is 70.6 Å². The number of aryl methyl sites for hydroxylation is 1. The van der Waals surface area contributed by atoms with Crippen LogP contribution in [0.5, 0.6) is 5.75 Å². The van der Waals surface area contributed by atoms with Gasteiger partial charge in [0.05, 0.1) is 19.3 Å². The van der Waals surface area contributed by atoms with Crippen LogP contribution in [0.25, 0.3) is 0 Å². The Kier molecular flexibility index (Phi) is 7.49.